The van der Waals surface area contributed by atoms with E-state index >= 15 is 0 Å². The highest BCUT2D eigenvalue weighted by atomic mass is 16.5. The first-order chi connectivity index (χ1) is 8.82. The van der Waals surface area contributed by atoms with E-state index in [-0.39, 0.29) is 18.2 Å². The highest BCUT2D eigenvalue weighted by Gasteiger charge is 2.20. The molecule has 1 rings (SSSR count). The maximum absolute atomic E-state index is 5.93. The Morgan fingerprint density at radius 3 is 1.58 bits per heavy atom. The van der Waals surface area contributed by atoms with Crippen LogP contribution in [0.1, 0.15) is 46.2 Å². The van der Waals surface area contributed by atoms with E-state index in [0.717, 1.165) is 17.1 Å². The third-order valence-electron chi connectivity index (χ3n) is 2.94. The number of rotatable bonds is 6. The third-order valence-corrected chi connectivity index (χ3v) is 2.94. The lowest BCUT2D eigenvalue weighted by Gasteiger charge is -2.27. The molecule has 0 bridgehead atoms. The van der Waals surface area contributed by atoms with Crippen LogP contribution in [0.2, 0.25) is 0 Å². The Labute approximate surface area is 117 Å². The Morgan fingerprint density at radius 1 is 0.842 bits per heavy atom. The van der Waals surface area contributed by atoms with Crippen LogP contribution in [-0.4, -0.2) is 31.2 Å². The van der Waals surface area contributed by atoms with Crippen LogP contribution in [0.4, 0.5) is 0 Å². The molecule has 0 aliphatic carbocycles. The second-order valence-electron chi connectivity index (χ2n) is 5.64. The smallest absolute Gasteiger partial charge is 0.128 e. The Kier molecular flexibility index (Phi) is 5.67. The summed E-state index contributed by atoms with van der Waals surface area (Å²) in [6.07, 6.45) is 0.310. The molecule has 0 heterocycles. The Balaban J connectivity index is 3.23. The Morgan fingerprint density at radius 2 is 1.26 bits per heavy atom. The van der Waals surface area contributed by atoms with Crippen molar-refractivity contribution in [2.75, 3.05) is 14.1 Å². The SMILES string of the molecule is CC(C)Oc1cccc(OC(C)C)c1C(C)N(C)C. The molecule has 1 atom stereocenters. The molecule has 0 aliphatic heterocycles. The van der Waals surface area contributed by atoms with Crippen LogP contribution in [0.25, 0.3) is 0 Å². The maximum atomic E-state index is 5.93. The molecule has 0 radical (unpaired) electrons. The van der Waals surface area contributed by atoms with Gasteiger partial charge < -0.3 is 14.4 Å². The Hall–Kier alpha value is -1.22. The van der Waals surface area contributed by atoms with Crippen molar-refractivity contribution in [1.29, 1.82) is 0 Å². The van der Waals surface area contributed by atoms with Gasteiger partial charge in [0.25, 0.3) is 0 Å². The lowest BCUT2D eigenvalue weighted by molar-refractivity contribution is 0.210. The molecular formula is C16H27NO2. The molecule has 0 amide bonds. The van der Waals surface area contributed by atoms with Crippen molar-refractivity contribution in [3.63, 3.8) is 0 Å². The van der Waals surface area contributed by atoms with Gasteiger partial charge in [-0.3, -0.25) is 0 Å². The first kappa shape index (κ1) is 15.8. The summed E-state index contributed by atoms with van der Waals surface area (Å²) in [7, 11) is 4.13. The van der Waals surface area contributed by atoms with Gasteiger partial charge in [-0.25, -0.2) is 0 Å². The molecule has 0 aliphatic rings. The topological polar surface area (TPSA) is 21.7 Å². The van der Waals surface area contributed by atoms with Crippen LogP contribution in [-0.2, 0) is 0 Å². The van der Waals surface area contributed by atoms with Gasteiger partial charge in [-0.05, 0) is 60.8 Å². The summed E-state index contributed by atoms with van der Waals surface area (Å²) >= 11 is 0. The van der Waals surface area contributed by atoms with Crippen LogP contribution < -0.4 is 9.47 Å². The maximum Gasteiger partial charge on any atom is 0.128 e. The van der Waals surface area contributed by atoms with Crippen LogP contribution in [0, 0.1) is 0 Å². The first-order valence-electron chi connectivity index (χ1n) is 6.95. The first-order valence-corrected chi connectivity index (χ1v) is 6.95. The molecule has 0 aromatic heterocycles. The average molecular weight is 265 g/mol. The summed E-state index contributed by atoms with van der Waals surface area (Å²) in [5.74, 6) is 1.82. The molecule has 1 aromatic carbocycles. The van der Waals surface area contributed by atoms with E-state index in [0.29, 0.717) is 0 Å². The zero-order valence-electron chi connectivity index (χ0n) is 13.2. The highest BCUT2D eigenvalue weighted by Crippen LogP contribution is 2.37. The molecule has 0 fully saturated rings. The molecule has 0 saturated carbocycles. The van der Waals surface area contributed by atoms with Crippen molar-refractivity contribution >= 4 is 0 Å². The van der Waals surface area contributed by atoms with Crippen LogP contribution >= 0.6 is 0 Å². The number of ether oxygens (including phenoxy) is 2. The lowest BCUT2D eigenvalue weighted by Crippen LogP contribution is -2.20. The van der Waals surface area contributed by atoms with Crippen molar-refractivity contribution in [3.05, 3.63) is 23.8 Å². The van der Waals surface area contributed by atoms with E-state index in [1.807, 2.05) is 45.9 Å². The molecule has 0 spiro atoms. The molecule has 108 valence electrons. The van der Waals surface area contributed by atoms with Gasteiger partial charge in [-0.2, -0.15) is 0 Å². The summed E-state index contributed by atoms with van der Waals surface area (Å²) in [4.78, 5) is 2.16. The van der Waals surface area contributed by atoms with Crippen molar-refractivity contribution in [2.45, 2.75) is 52.9 Å². The van der Waals surface area contributed by atoms with E-state index < -0.39 is 0 Å². The van der Waals surface area contributed by atoms with Gasteiger partial charge in [0, 0.05) is 6.04 Å². The predicted molar refractivity (Wildman–Crippen MR) is 80.1 cm³/mol. The van der Waals surface area contributed by atoms with E-state index in [9.17, 15) is 0 Å². The van der Waals surface area contributed by atoms with Gasteiger partial charge in [0.1, 0.15) is 11.5 Å². The average Bonchev–Trinajstić information content (AvgIpc) is 2.26. The quantitative estimate of drug-likeness (QED) is 0.779. The molecule has 3 heteroatoms. The minimum absolute atomic E-state index is 0.155. The van der Waals surface area contributed by atoms with E-state index in [1.54, 1.807) is 0 Å². The zero-order chi connectivity index (χ0) is 14.6. The fourth-order valence-electron chi connectivity index (χ4n) is 1.91. The van der Waals surface area contributed by atoms with E-state index in [2.05, 4.69) is 25.9 Å². The second kappa shape index (κ2) is 6.80. The molecule has 0 saturated heterocycles. The molecular weight excluding hydrogens is 238 g/mol. The van der Waals surface area contributed by atoms with E-state index in [1.165, 1.54) is 0 Å². The fourth-order valence-corrected chi connectivity index (χ4v) is 1.91. The van der Waals surface area contributed by atoms with Gasteiger partial charge in [0.2, 0.25) is 0 Å². The molecule has 1 unspecified atom stereocenters. The second-order valence-corrected chi connectivity index (χ2v) is 5.64. The highest BCUT2D eigenvalue weighted by molar-refractivity contribution is 5.47. The van der Waals surface area contributed by atoms with Crippen molar-refractivity contribution in [2.24, 2.45) is 0 Å². The van der Waals surface area contributed by atoms with Crippen LogP contribution in [0.15, 0.2) is 18.2 Å². The van der Waals surface area contributed by atoms with E-state index in [4.69, 9.17) is 9.47 Å². The van der Waals surface area contributed by atoms with Gasteiger partial charge in [0.05, 0.1) is 17.8 Å². The summed E-state index contributed by atoms with van der Waals surface area (Å²) in [5, 5.41) is 0. The number of hydrogen-bond acceptors (Lipinski definition) is 3. The standard InChI is InChI=1S/C16H27NO2/c1-11(2)18-14-9-8-10-15(19-12(3)4)16(14)13(5)17(6)7/h8-13H,1-7H3. The summed E-state index contributed by atoms with van der Waals surface area (Å²) in [6.45, 7) is 10.3. The number of benzene rings is 1. The van der Waals surface area contributed by atoms with Crippen molar-refractivity contribution in [1.82, 2.24) is 4.90 Å². The zero-order valence-corrected chi connectivity index (χ0v) is 13.2. The van der Waals surface area contributed by atoms with Gasteiger partial charge in [-0.15, -0.1) is 0 Å². The van der Waals surface area contributed by atoms with Crippen molar-refractivity contribution < 1.29 is 9.47 Å². The lowest BCUT2D eigenvalue weighted by atomic mass is 10.0. The molecule has 1 aromatic rings. The minimum atomic E-state index is 0.155. The monoisotopic (exact) mass is 265 g/mol. The molecule has 19 heavy (non-hydrogen) atoms. The fraction of sp³-hybridized carbons (Fsp3) is 0.625. The largest absolute Gasteiger partial charge is 0.491 e. The summed E-state index contributed by atoms with van der Waals surface area (Å²) in [6, 6.07) is 6.26. The summed E-state index contributed by atoms with van der Waals surface area (Å²) < 4.78 is 11.9. The van der Waals surface area contributed by atoms with Crippen LogP contribution in [0.5, 0.6) is 11.5 Å². The van der Waals surface area contributed by atoms with Crippen LogP contribution in [0.3, 0.4) is 0 Å². The minimum Gasteiger partial charge on any atom is -0.491 e. The molecule has 3 nitrogen and oxygen atoms in total. The Bertz CT molecular complexity index is 371. The number of hydrogen-bond donors (Lipinski definition) is 0. The van der Waals surface area contributed by atoms with Gasteiger partial charge >= 0.3 is 0 Å². The molecule has 0 N–H and O–H groups in total. The third kappa shape index (κ3) is 4.43. The number of nitrogens with zero attached hydrogens (tertiary/aromatic N) is 1. The summed E-state index contributed by atoms with van der Waals surface area (Å²) in [5.41, 5.74) is 1.12. The van der Waals surface area contributed by atoms with Gasteiger partial charge in [-0.1, -0.05) is 6.07 Å². The normalized spacial score (nSPS) is 13.2. The predicted octanol–water partition coefficient (Wildman–Crippen LogP) is 3.88. The van der Waals surface area contributed by atoms with Crippen molar-refractivity contribution in [3.8, 4) is 11.5 Å². The van der Waals surface area contributed by atoms with Gasteiger partial charge in [0.15, 0.2) is 0 Å².